The number of oxime groups is 1. The van der Waals surface area contributed by atoms with Gasteiger partial charge >= 0.3 is 5.97 Å². The Morgan fingerprint density at radius 3 is 2.56 bits per heavy atom. The molecular weight excluding hydrogens is 516 g/mol. The highest BCUT2D eigenvalue weighted by Crippen LogP contribution is 2.44. The Morgan fingerprint density at radius 2 is 1.78 bits per heavy atom. The first-order chi connectivity index (χ1) is 17.7. The van der Waals surface area contributed by atoms with Gasteiger partial charge in [0.25, 0.3) is 0 Å². The molecule has 1 aliphatic rings. The zero-order valence-corrected chi connectivity index (χ0v) is 22.0. The molecule has 0 amide bonds. The van der Waals surface area contributed by atoms with E-state index in [1.807, 2.05) is 41.1 Å². The Labute approximate surface area is 219 Å². The second kappa shape index (κ2) is 11.2. The third kappa shape index (κ3) is 4.98. The molecule has 0 atom stereocenters. The van der Waals surface area contributed by atoms with Crippen LogP contribution in [0.4, 0.5) is 0 Å². The van der Waals surface area contributed by atoms with Crippen LogP contribution in [0.2, 0.25) is 0 Å². The second-order valence-electron chi connectivity index (χ2n) is 9.14. The molecule has 0 unspecified atom stereocenters. The van der Waals surface area contributed by atoms with E-state index < -0.39 is 0 Å². The molecule has 0 fully saturated rings. The summed E-state index contributed by atoms with van der Waals surface area (Å²) in [4.78, 5) is 27.2. The Bertz CT molecular complexity index is 1410. The van der Waals surface area contributed by atoms with Crippen LogP contribution in [-0.2, 0) is 9.63 Å². The molecule has 2 aromatic heterocycles. The van der Waals surface area contributed by atoms with Crippen molar-refractivity contribution in [1.29, 1.82) is 0 Å². The third-order valence-electron chi connectivity index (χ3n) is 6.59. The summed E-state index contributed by atoms with van der Waals surface area (Å²) in [5, 5.41) is 5.44. The minimum absolute atomic E-state index is 0.303. The highest BCUT2D eigenvalue weighted by Gasteiger charge is 2.32. The van der Waals surface area contributed by atoms with Crippen molar-refractivity contribution in [3.8, 4) is 16.9 Å². The highest BCUT2D eigenvalue weighted by molar-refractivity contribution is 9.10. The van der Waals surface area contributed by atoms with Gasteiger partial charge in [-0.15, -0.1) is 0 Å². The summed E-state index contributed by atoms with van der Waals surface area (Å²) in [5.41, 5.74) is 5.32. The van der Waals surface area contributed by atoms with Crippen molar-refractivity contribution < 1.29 is 9.63 Å². The number of aromatic nitrogens is 3. The lowest BCUT2D eigenvalue weighted by atomic mass is 10.0. The summed E-state index contributed by atoms with van der Waals surface area (Å²) >= 11 is 3.61. The minimum atomic E-state index is -0.303. The average Bonchev–Trinajstić information content (AvgIpc) is 3.54. The number of pyridine rings is 1. The molecule has 4 aromatic rings. The van der Waals surface area contributed by atoms with Crippen molar-refractivity contribution in [3.63, 3.8) is 0 Å². The van der Waals surface area contributed by atoms with Crippen LogP contribution in [0.5, 0.6) is 0 Å². The molecule has 7 heteroatoms. The summed E-state index contributed by atoms with van der Waals surface area (Å²) in [6.07, 6.45) is 13.7. The van der Waals surface area contributed by atoms with Crippen molar-refractivity contribution in [3.05, 3.63) is 76.8 Å². The van der Waals surface area contributed by atoms with Crippen LogP contribution >= 0.6 is 15.9 Å². The van der Waals surface area contributed by atoms with Crippen molar-refractivity contribution in [2.24, 2.45) is 5.16 Å². The molecule has 0 radical (unpaired) electrons. The lowest BCUT2D eigenvalue weighted by molar-refractivity contribution is -0.143. The number of benzene rings is 2. The van der Waals surface area contributed by atoms with Gasteiger partial charge in [0.15, 0.2) is 0 Å². The largest absolute Gasteiger partial charge is 0.335 e. The summed E-state index contributed by atoms with van der Waals surface area (Å²) in [6.45, 7) is 2.22. The van der Waals surface area contributed by atoms with Crippen LogP contribution in [-0.4, -0.2) is 26.2 Å². The van der Waals surface area contributed by atoms with Gasteiger partial charge < -0.3 is 4.84 Å². The molecular formula is C29H29BrN4O2. The number of carbonyl (C=O) groups is 1. The van der Waals surface area contributed by atoms with Gasteiger partial charge in [0, 0.05) is 39.8 Å². The number of hydrogen-bond acceptors (Lipinski definition) is 5. The fourth-order valence-electron chi connectivity index (χ4n) is 4.80. The van der Waals surface area contributed by atoms with Gasteiger partial charge in [-0.25, -0.2) is 14.8 Å². The fourth-order valence-corrected chi connectivity index (χ4v) is 5.16. The van der Waals surface area contributed by atoms with Crippen LogP contribution in [0, 0.1) is 0 Å². The van der Waals surface area contributed by atoms with E-state index in [9.17, 15) is 4.79 Å². The maximum absolute atomic E-state index is 12.6. The summed E-state index contributed by atoms with van der Waals surface area (Å²) in [5.74, 6) is 0.401. The molecule has 5 rings (SSSR count). The summed E-state index contributed by atoms with van der Waals surface area (Å²) < 4.78 is 2.85. The number of hydrogen-bond donors (Lipinski definition) is 0. The van der Waals surface area contributed by atoms with E-state index in [1.165, 1.54) is 25.7 Å². The maximum Gasteiger partial charge on any atom is 0.335 e. The first-order valence-corrected chi connectivity index (χ1v) is 13.5. The van der Waals surface area contributed by atoms with Crippen molar-refractivity contribution >= 4 is 38.5 Å². The molecule has 0 spiro atoms. The van der Waals surface area contributed by atoms with Crippen LogP contribution in [0.25, 0.3) is 27.8 Å². The first-order valence-electron chi connectivity index (χ1n) is 12.7. The second-order valence-corrected chi connectivity index (χ2v) is 10.1. The van der Waals surface area contributed by atoms with Gasteiger partial charge in [0.2, 0.25) is 0 Å². The van der Waals surface area contributed by atoms with E-state index in [0.29, 0.717) is 18.0 Å². The van der Waals surface area contributed by atoms with Gasteiger partial charge in [-0.3, -0.25) is 4.57 Å². The zero-order chi connectivity index (χ0) is 24.9. The lowest BCUT2D eigenvalue weighted by Crippen LogP contribution is -2.09. The monoisotopic (exact) mass is 544 g/mol. The van der Waals surface area contributed by atoms with Gasteiger partial charge in [-0.2, -0.15) is 0 Å². The predicted octanol–water partition coefficient (Wildman–Crippen LogP) is 7.60. The standard InChI is InChI=1S/C29H29BrN4O2/c1-2-3-4-5-6-7-8-13-25(35)36-33-28-22-12-10-9-11-21(22)26-23-18-20(30)14-15-24(23)32-29(27(26)28)34-17-16-31-19-34/h9-12,14-19H,2-8,13H2,1H3/b33-28+. The molecule has 0 saturated heterocycles. The predicted molar refractivity (Wildman–Crippen MR) is 146 cm³/mol. The number of fused-ring (bicyclic) bond motifs is 5. The number of halogens is 1. The molecule has 2 heterocycles. The SMILES string of the molecule is CCCCCCCCCC(=O)O/N=C1\c2ccccc2-c2c1c(-n1ccnc1)nc1ccc(Br)cc21. The normalized spacial score (nSPS) is 13.2. The topological polar surface area (TPSA) is 69.4 Å². The van der Waals surface area contributed by atoms with E-state index in [0.717, 1.165) is 56.9 Å². The Hall–Kier alpha value is -3.32. The molecule has 0 N–H and O–H groups in total. The Kier molecular flexibility index (Phi) is 7.56. The lowest BCUT2D eigenvalue weighted by Gasteiger charge is -2.13. The molecule has 2 aromatic carbocycles. The van der Waals surface area contributed by atoms with Crippen LogP contribution < -0.4 is 0 Å². The molecule has 0 bridgehead atoms. The summed E-state index contributed by atoms with van der Waals surface area (Å²) in [7, 11) is 0. The summed E-state index contributed by atoms with van der Waals surface area (Å²) in [6, 6.07) is 14.1. The van der Waals surface area contributed by atoms with Gasteiger partial charge in [-0.1, -0.05) is 90.8 Å². The van der Waals surface area contributed by atoms with Crippen molar-refractivity contribution in [2.75, 3.05) is 0 Å². The molecule has 184 valence electrons. The molecule has 36 heavy (non-hydrogen) atoms. The van der Waals surface area contributed by atoms with Crippen molar-refractivity contribution in [1.82, 2.24) is 14.5 Å². The molecule has 1 aliphatic carbocycles. The quantitative estimate of drug-likeness (QED) is 0.103. The van der Waals surface area contributed by atoms with E-state index >= 15 is 0 Å². The van der Waals surface area contributed by atoms with E-state index in [2.05, 4.69) is 45.1 Å². The number of carbonyl (C=O) groups excluding carboxylic acids is 1. The maximum atomic E-state index is 12.6. The fraction of sp³-hybridized carbons (Fsp3) is 0.310. The highest BCUT2D eigenvalue weighted by atomic mass is 79.9. The number of rotatable bonds is 10. The van der Waals surface area contributed by atoms with E-state index in [1.54, 1.807) is 12.5 Å². The van der Waals surface area contributed by atoms with Gasteiger partial charge in [0.05, 0.1) is 11.1 Å². The Morgan fingerprint density at radius 1 is 1.00 bits per heavy atom. The third-order valence-corrected chi connectivity index (χ3v) is 7.08. The molecule has 0 aliphatic heterocycles. The van der Waals surface area contributed by atoms with Crippen LogP contribution in [0.15, 0.2) is 70.8 Å². The van der Waals surface area contributed by atoms with E-state index in [4.69, 9.17) is 9.82 Å². The van der Waals surface area contributed by atoms with Gasteiger partial charge in [-0.05, 0) is 30.2 Å². The molecule has 0 saturated carbocycles. The number of nitrogens with zero attached hydrogens (tertiary/aromatic N) is 4. The van der Waals surface area contributed by atoms with Crippen molar-refractivity contribution in [2.45, 2.75) is 58.3 Å². The average molecular weight is 545 g/mol. The van der Waals surface area contributed by atoms with Crippen LogP contribution in [0.3, 0.4) is 0 Å². The van der Waals surface area contributed by atoms with E-state index in [-0.39, 0.29) is 5.97 Å². The first kappa shape index (κ1) is 24.4. The molecule has 6 nitrogen and oxygen atoms in total. The smallest absolute Gasteiger partial charge is 0.318 e. The Balaban J connectivity index is 1.47. The van der Waals surface area contributed by atoms with Crippen LogP contribution in [0.1, 0.15) is 69.4 Å². The minimum Gasteiger partial charge on any atom is -0.318 e. The number of imidazole rings is 1. The number of unbranched alkanes of at least 4 members (excludes halogenated alkanes) is 6. The zero-order valence-electron chi connectivity index (χ0n) is 20.4. The van der Waals surface area contributed by atoms with Gasteiger partial charge in [0.1, 0.15) is 17.9 Å².